The van der Waals surface area contributed by atoms with Crippen LogP contribution in [-0.2, 0) is 11.2 Å². The maximum absolute atomic E-state index is 11.2. The highest BCUT2D eigenvalue weighted by Gasteiger charge is 2.20. The van der Waals surface area contributed by atoms with Gasteiger partial charge in [-0.2, -0.15) is 5.10 Å². The maximum Gasteiger partial charge on any atom is 0.232 e. The van der Waals surface area contributed by atoms with Gasteiger partial charge in [0.15, 0.2) is 5.50 Å². The standard InChI is InChI=1S/C18H21BrN4OS2/c1-10(22-23-18-21-16(24)9-26-18)4-6-13-11(2)20-15-7-5-12(19)8-14(15)17(13)25-3/h5,7-8,18,23H,4,6,9H2,1-3H3,(H,21,24). The van der Waals surface area contributed by atoms with Crippen molar-refractivity contribution in [3.63, 3.8) is 0 Å². The number of rotatable bonds is 6. The molecule has 2 N–H and O–H groups in total. The normalized spacial score (nSPS) is 17.6. The lowest BCUT2D eigenvalue weighted by Gasteiger charge is -2.14. The Balaban J connectivity index is 1.75. The van der Waals surface area contributed by atoms with E-state index >= 15 is 0 Å². The Bertz CT molecular complexity index is 872. The minimum absolute atomic E-state index is 0.0500. The number of pyridine rings is 1. The number of nitrogens with zero attached hydrogens (tertiary/aromatic N) is 2. The summed E-state index contributed by atoms with van der Waals surface area (Å²) in [4.78, 5) is 17.3. The Morgan fingerprint density at radius 2 is 2.35 bits per heavy atom. The first-order chi connectivity index (χ1) is 12.5. The molecule has 1 aromatic heterocycles. The first kappa shape index (κ1) is 19.5. The van der Waals surface area contributed by atoms with Crippen LogP contribution in [0.1, 0.15) is 24.6 Å². The molecule has 138 valence electrons. The summed E-state index contributed by atoms with van der Waals surface area (Å²) in [5.41, 5.74) is 7.28. The highest BCUT2D eigenvalue weighted by molar-refractivity contribution is 9.10. The zero-order chi connectivity index (χ0) is 18.7. The van der Waals surface area contributed by atoms with Crippen LogP contribution in [0.25, 0.3) is 10.9 Å². The molecule has 26 heavy (non-hydrogen) atoms. The van der Waals surface area contributed by atoms with Crippen molar-refractivity contribution in [2.24, 2.45) is 5.10 Å². The number of aromatic nitrogens is 1. The van der Waals surface area contributed by atoms with Crippen LogP contribution in [0, 0.1) is 6.92 Å². The van der Waals surface area contributed by atoms with Gasteiger partial charge in [-0.05, 0) is 56.7 Å². The number of hydrazone groups is 1. The molecule has 8 heteroatoms. The van der Waals surface area contributed by atoms with Gasteiger partial charge in [0.25, 0.3) is 0 Å². The monoisotopic (exact) mass is 452 g/mol. The highest BCUT2D eigenvalue weighted by atomic mass is 79.9. The first-order valence-corrected chi connectivity index (χ1v) is 11.4. The summed E-state index contributed by atoms with van der Waals surface area (Å²) in [7, 11) is 0. The minimum Gasteiger partial charge on any atom is -0.325 e. The highest BCUT2D eigenvalue weighted by Crippen LogP contribution is 2.33. The number of thioether (sulfide) groups is 2. The predicted octanol–water partition coefficient (Wildman–Crippen LogP) is 4.07. The third kappa shape index (κ3) is 4.53. The van der Waals surface area contributed by atoms with E-state index in [1.165, 1.54) is 27.6 Å². The summed E-state index contributed by atoms with van der Waals surface area (Å²) in [6.07, 6.45) is 3.84. The molecule has 0 saturated carbocycles. The molecule has 1 atom stereocenters. The average Bonchev–Trinajstić information content (AvgIpc) is 3.03. The molecule has 2 heterocycles. The van der Waals surface area contributed by atoms with Crippen molar-refractivity contribution >= 4 is 62.0 Å². The van der Waals surface area contributed by atoms with Crippen molar-refractivity contribution in [2.75, 3.05) is 12.0 Å². The van der Waals surface area contributed by atoms with Gasteiger partial charge in [-0.3, -0.25) is 15.2 Å². The van der Waals surface area contributed by atoms with Gasteiger partial charge in [0.05, 0.1) is 11.3 Å². The second kappa shape index (κ2) is 8.63. The van der Waals surface area contributed by atoms with Crippen LogP contribution in [0.2, 0.25) is 0 Å². The van der Waals surface area contributed by atoms with Gasteiger partial charge in [-0.25, -0.2) is 0 Å². The lowest BCUT2D eigenvalue weighted by molar-refractivity contribution is -0.118. The van der Waals surface area contributed by atoms with E-state index in [4.69, 9.17) is 4.98 Å². The smallest absolute Gasteiger partial charge is 0.232 e. The SMILES string of the molecule is CSc1c(CCC(C)=NNC2NC(=O)CS2)c(C)nc2ccc(Br)cc12. The molecule has 1 amide bonds. The Labute approximate surface area is 170 Å². The molecule has 1 aliphatic heterocycles. The van der Waals surface area contributed by atoms with Crippen LogP contribution in [0.5, 0.6) is 0 Å². The zero-order valence-electron chi connectivity index (χ0n) is 14.9. The molecule has 0 radical (unpaired) electrons. The average molecular weight is 453 g/mol. The second-order valence-electron chi connectivity index (χ2n) is 6.11. The Morgan fingerprint density at radius 3 is 3.04 bits per heavy atom. The van der Waals surface area contributed by atoms with E-state index in [1.54, 1.807) is 11.8 Å². The molecule has 2 aromatic rings. The third-order valence-electron chi connectivity index (χ3n) is 4.19. The van der Waals surface area contributed by atoms with Crippen LogP contribution in [0.4, 0.5) is 0 Å². The van der Waals surface area contributed by atoms with Crippen LogP contribution in [0.3, 0.4) is 0 Å². The van der Waals surface area contributed by atoms with Gasteiger partial charge in [-0.15, -0.1) is 23.5 Å². The Hall–Kier alpha value is -1.25. The molecule has 0 bridgehead atoms. The van der Waals surface area contributed by atoms with Gasteiger partial charge >= 0.3 is 0 Å². The second-order valence-corrected chi connectivity index (χ2v) is 8.93. The molecule has 1 fully saturated rings. The third-order valence-corrected chi connectivity index (χ3v) is 6.54. The summed E-state index contributed by atoms with van der Waals surface area (Å²) in [6, 6.07) is 6.22. The fourth-order valence-electron chi connectivity index (χ4n) is 2.88. The van der Waals surface area contributed by atoms with Crippen LogP contribution in [-0.4, -0.2) is 34.1 Å². The number of amides is 1. The van der Waals surface area contributed by atoms with E-state index in [0.717, 1.165) is 34.2 Å². The lowest BCUT2D eigenvalue weighted by Crippen LogP contribution is -2.34. The number of aryl methyl sites for hydroxylation is 1. The maximum atomic E-state index is 11.2. The summed E-state index contributed by atoms with van der Waals surface area (Å²) in [5, 5.41) is 8.42. The van der Waals surface area contributed by atoms with Gasteiger partial charge < -0.3 is 5.32 Å². The molecular weight excluding hydrogens is 432 g/mol. The number of hydrogen-bond acceptors (Lipinski definition) is 6. The van der Waals surface area contributed by atoms with E-state index in [1.807, 2.05) is 13.0 Å². The van der Waals surface area contributed by atoms with Crippen molar-refractivity contribution in [2.45, 2.75) is 37.1 Å². The number of halogens is 1. The van der Waals surface area contributed by atoms with E-state index < -0.39 is 0 Å². The molecular formula is C18H21BrN4OS2. The molecule has 0 spiro atoms. The number of benzene rings is 1. The fourth-order valence-corrected chi connectivity index (χ4v) is 4.86. The largest absolute Gasteiger partial charge is 0.325 e. The van der Waals surface area contributed by atoms with E-state index in [-0.39, 0.29) is 11.4 Å². The number of carbonyl (C=O) groups is 1. The topological polar surface area (TPSA) is 66.4 Å². The van der Waals surface area contributed by atoms with Gasteiger partial charge in [0.2, 0.25) is 5.91 Å². The quantitative estimate of drug-likeness (QED) is 0.392. The van der Waals surface area contributed by atoms with Crippen molar-refractivity contribution < 1.29 is 4.79 Å². The summed E-state index contributed by atoms with van der Waals surface area (Å²) in [6.45, 7) is 4.08. The molecule has 1 aliphatic rings. The van der Waals surface area contributed by atoms with Crippen LogP contribution >= 0.6 is 39.5 Å². The minimum atomic E-state index is -0.124. The van der Waals surface area contributed by atoms with Crippen LogP contribution in [0.15, 0.2) is 32.7 Å². The van der Waals surface area contributed by atoms with E-state index in [0.29, 0.717) is 5.75 Å². The van der Waals surface area contributed by atoms with Crippen molar-refractivity contribution in [3.05, 3.63) is 33.9 Å². The summed E-state index contributed by atoms with van der Waals surface area (Å²) >= 11 is 6.85. The fraction of sp³-hybridized carbons (Fsp3) is 0.389. The first-order valence-electron chi connectivity index (χ1n) is 8.30. The van der Waals surface area contributed by atoms with Gasteiger partial charge in [-0.1, -0.05) is 15.9 Å². The van der Waals surface area contributed by atoms with Gasteiger partial charge in [0, 0.05) is 26.2 Å². The molecule has 3 rings (SSSR count). The molecule has 5 nitrogen and oxygen atoms in total. The van der Waals surface area contributed by atoms with Crippen molar-refractivity contribution in [1.82, 2.24) is 15.7 Å². The van der Waals surface area contributed by atoms with Crippen LogP contribution < -0.4 is 10.7 Å². The van der Waals surface area contributed by atoms with Crippen molar-refractivity contribution in [3.8, 4) is 0 Å². The molecule has 1 unspecified atom stereocenters. The Morgan fingerprint density at radius 1 is 1.54 bits per heavy atom. The van der Waals surface area contributed by atoms with Crippen molar-refractivity contribution in [1.29, 1.82) is 0 Å². The number of nitrogens with one attached hydrogen (secondary N) is 2. The molecule has 1 aromatic carbocycles. The summed E-state index contributed by atoms with van der Waals surface area (Å²) < 4.78 is 1.06. The number of hydrogen-bond donors (Lipinski definition) is 2. The lowest BCUT2D eigenvalue weighted by atomic mass is 10.0. The van der Waals surface area contributed by atoms with Gasteiger partial charge in [0.1, 0.15) is 0 Å². The molecule has 1 saturated heterocycles. The predicted molar refractivity (Wildman–Crippen MR) is 115 cm³/mol. The van der Waals surface area contributed by atoms with E-state index in [2.05, 4.69) is 57.1 Å². The summed E-state index contributed by atoms with van der Waals surface area (Å²) in [5.74, 6) is 0.537. The molecule has 0 aliphatic carbocycles. The zero-order valence-corrected chi connectivity index (χ0v) is 18.1. The number of carbonyl (C=O) groups excluding carboxylic acids is 1. The van der Waals surface area contributed by atoms with E-state index in [9.17, 15) is 4.79 Å². The Kier molecular flexibility index (Phi) is 6.47. The number of fused-ring (bicyclic) bond motifs is 1.